The summed E-state index contributed by atoms with van der Waals surface area (Å²) >= 11 is 0. The van der Waals surface area contributed by atoms with Crippen LogP contribution in [0.25, 0.3) is 11.1 Å². The summed E-state index contributed by atoms with van der Waals surface area (Å²) in [5, 5.41) is 11.8. The highest BCUT2D eigenvalue weighted by Crippen LogP contribution is 2.44. The van der Waals surface area contributed by atoms with Gasteiger partial charge in [0.1, 0.15) is 19.2 Å². The molecule has 0 aromatic heterocycles. The van der Waals surface area contributed by atoms with Gasteiger partial charge in [-0.1, -0.05) is 48.5 Å². The Bertz CT molecular complexity index is 981. The molecule has 2 aromatic rings. The number of carbonyl (C=O) groups is 3. The van der Waals surface area contributed by atoms with Crippen molar-refractivity contribution in [2.75, 3.05) is 47.1 Å². The quantitative estimate of drug-likeness (QED) is 0.420. The maximum absolute atomic E-state index is 13.1. The summed E-state index contributed by atoms with van der Waals surface area (Å²) in [6.07, 6.45) is 0.0477. The average Bonchev–Trinajstić information content (AvgIpc) is 3.18. The van der Waals surface area contributed by atoms with Gasteiger partial charge in [0.25, 0.3) is 0 Å². The van der Waals surface area contributed by atoms with Gasteiger partial charge in [-0.3, -0.25) is 9.59 Å². The Morgan fingerprint density at radius 1 is 0.971 bits per heavy atom. The van der Waals surface area contributed by atoms with Crippen LogP contribution in [0, 0.1) is 0 Å². The largest absolute Gasteiger partial charge is 0.480 e. The zero-order valence-corrected chi connectivity index (χ0v) is 20.1. The summed E-state index contributed by atoms with van der Waals surface area (Å²) in [6.45, 7) is 0.285. The highest BCUT2D eigenvalue weighted by atomic mass is 16.5. The highest BCUT2D eigenvalue weighted by molar-refractivity contribution is 5.88. The van der Waals surface area contributed by atoms with Gasteiger partial charge in [0, 0.05) is 33.3 Å². The minimum atomic E-state index is -1.15. The number of carboxylic acid groups (broad SMARTS) is 1. The number of benzene rings is 2. The fourth-order valence-corrected chi connectivity index (χ4v) is 4.32. The third kappa shape index (κ3) is 6.80. The number of aliphatic carboxylic acids is 1. The van der Waals surface area contributed by atoms with Gasteiger partial charge < -0.3 is 29.5 Å². The van der Waals surface area contributed by atoms with Crippen LogP contribution < -0.4 is 5.32 Å². The fourth-order valence-electron chi connectivity index (χ4n) is 4.32. The zero-order chi connectivity index (χ0) is 25.2. The van der Waals surface area contributed by atoms with Gasteiger partial charge in [0.05, 0.1) is 6.61 Å². The predicted molar refractivity (Wildman–Crippen MR) is 129 cm³/mol. The van der Waals surface area contributed by atoms with E-state index in [-0.39, 0.29) is 32.1 Å². The van der Waals surface area contributed by atoms with Crippen molar-refractivity contribution in [1.29, 1.82) is 0 Å². The summed E-state index contributed by atoms with van der Waals surface area (Å²) in [5.74, 6) is -1.76. The van der Waals surface area contributed by atoms with E-state index in [1.807, 2.05) is 36.4 Å². The van der Waals surface area contributed by atoms with Crippen molar-refractivity contribution < 1.29 is 33.7 Å². The van der Waals surface area contributed by atoms with Crippen LogP contribution in [0.15, 0.2) is 48.5 Å². The van der Waals surface area contributed by atoms with E-state index in [1.165, 1.54) is 7.11 Å². The lowest BCUT2D eigenvalue weighted by Gasteiger charge is -2.26. The van der Waals surface area contributed by atoms with Gasteiger partial charge in [-0.15, -0.1) is 0 Å². The highest BCUT2D eigenvalue weighted by Gasteiger charge is 2.31. The maximum atomic E-state index is 13.1. The molecule has 0 fully saturated rings. The van der Waals surface area contributed by atoms with Crippen molar-refractivity contribution in [3.8, 4) is 11.1 Å². The molecular formula is C26H32N2O7. The van der Waals surface area contributed by atoms with E-state index >= 15 is 0 Å². The smallest absolute Gasteiger partial charge is 0.407 e. The lowest BCUT2D eigenvalue weighted by atomic mass is 9.98. The molecule has 1 atom stereocenters. The average molecular weight is 485 g/mol. The molecule has 1 aliphatic carbocycles. The standard InChI is InChI=1S/C26H32N2O7/c1-33-14-7-12-23(25(31)28(13-15-34-2)16-24(29)30)27-26(32)35-17-22-20-10-5-3-8-18(20)19-9-4-6-11-21(19)22/h3-6,8-11,22-23H,7,12-17H2,1-2H3,(H,27,32)(H,29,30). The van der Waals surface area contributed by atoms with Gasteiger partial charge in [-0.25, -0.2) is 4.79 Å². The molecule has 35 heavy (non-hydrogen) atoms. The number of nitrogens with zero attached hydrogens (tertiary/aromatic N) is 1. The van der Waals surface area contributed by atoms with Crippen molar-refractivity contribution in [3.05, 3.63) is 59.7 Å². The van der Waals surface area contributed by atoms with E-state index in [9.17, 15) is 19.5 Å². The molecule has 9 nitrogen and oxygen atoms in total. The van der Waals surface area contributed by atoms with Crippen molar-refractivity contribution in [3.63, 3.8) is 0 Å². The fraction of sp³-hybridized carbons (Fsp3) is 0.423. The first-order valence-corrected chi connectivity index (χ1v) is 11.6. The van der Waals surface area contributed by atoms with Crippen molar-refractivity contribution >= 4 is 18.0 Å². The zero-order valence-electron chi connectivity index (χ0n) is 20.1. The lowest BCUT2D eigenvalue weighted by molar-refractivity contribution is -0.145. The number of carboxylic acids is 1. The first kappa shape index (κ1) is 26.2. The number of rotatable bonds is 13. The summed E-state index contributed by atoms with van der Waals surface area (Å²) in [4.78, 5) is 38.3. The molecule has 3 rings (SSSR count). The van der Waals surface area contributed by atoms with Crippen LogP contribution in [0.1, 0.15) is 29.9 Å². The minimum absolute atomic E-state index is 0.0920. The summed E-state index contributed by atoms with van der Waals surface area (Å²) in [6, 6.07) is 15.1. The number of fused-ring (bicyclic) bond motifs is 3. The minimum Gasteiger partial charge on any atom is -0.480 e. The van der Waals surface area contributed by atoms with Crippen LogP contribution in [0.4, 0.5) is 4.79 Å². The van der Waals surface area contributed by atoms with Crippen LogP contribution >= 0.6 is 0 Å². The van der Waals surface area contributed by atoms with Crippen LogP contribution in [-0.2, 0) is 23.8 Å². The van der Waals surface area contributed by atoms with E-state index < -0.39 is 30.6 Å². The molecule has 0 saturated heterocycles. The molecule has 2 aromatic carbocycles. The van der Waals surface area contributed by atoms with E-state index in [2.05, 4.69) is 17.4 Å². The van der Waals surface area contributed by atoms with Crippen molar-refractivity contribution in [2.24, 2.45) is 0 Å². The second-order valence-corrected chi connectivity index (χ2v) is 8.30. The Morgan fingerprint density at radius 3 is 2.14 bits per heavy atom. The number of alkyl carbamates (subject to hydrolysis) is 1. The second kappa shape index (κ2) is 12.9. The Hall–Kier alpha value is -3.43. The molecule has 1 aliphatic rings. The number of nitrogens with one attached hydrogen (secondary N) is 1. The van der Waals surface area contributed by atoms with E-state index in [4.69, 9.17) is 14.2 Å². The molecule has 1 unspecified atom stereocenters. The lowest BCUT2D eigenvalue weighted by Crippen LogP contribution is -2.51. The molecule has 0 radical (unpaired) electrons. The van der Waals surface area contributed by atoms with Gasteiger partial charge >= 0.3 is 12.1 Å². The first-order chi connectivity index (χ1) is 17.0. The summed E-state index contributed by atoms with van der Waals surface area (Å²) in [5.41, 5.74) is 4.40. The first-order valence-electron chi connectivity index (χ1n) is 11.6. The van der Waals surface area contributed by atoms with Crippen LogP contribution in [0.5, 0.6) is 0 Å². The summed E-state index contributed by atoms with van der Waals surface area (Å²) < 4.78 is 15.6. The van der Waals surface area contributed by atoms with Gasteiger partial charge in [-0.2, -0.15) is 0 Å². The maximum Gasteiger partial charge on any atom is 0.407 e. The van der Waals surface area contributed by atoms with Crippen molar-refractivity contribution in [1.82, 2.24) is 10.2 Å². The van der Waals surface area contributed by atoms with Gasteiger partial charge in [0.15, 0.2) is 0 Å². The van der Waals surface area contributed by atoms with Gasteiger partial charge in [-0.05, 0) is 35.1 Å². The topological polar surface area (TPSA) is 114 Å². The number of hydrogen-bond donors (Lipinski definition) is 2. The molecule has 0 aliphatic heterocycles. The molecule has 0 spiro atoms. The molecule has 2 N–H and O–H groups in total. The number of hydrogen-bond acceptors (Lipinski definition) is 6. The number of amides is 2. The Morgan fingerprint density at radius 2 is 1.57 bits per heavy atom. The van der Waals surface area contributed by atoms with E-state index in [0.717, 1.165) is 27.2 Å². The normalized spacial score (nSPS) is 13.0. The molecule has 188 valence electrons. The molecular weight excluding hydrogens is 452 g/mol. The number of carbonyl (C=O) groups excluding carboxylic acids is 2. The predicted octanol–water partition coefficient (Wildman–Crippen LogP) is 2.88. The van der Waals surface area contributed by atoms with Crippen molar-refractivity contribution in [2.45, 2.75) is 24.8 Å². The summed E-state index contributed by atoms with van der Waals surface area (Å²) in [7, 11) is 3.01. The van der Waals surface area contributed by atoms with Crippen LogP contribution in [0.2, 0.25) is 0 Å². The number of ether oxygens (including phenoxy) is 3. The Kier molecular flexibility index (Phi) is 9.63. The molecule has 2 amide bonds. The van der Waals surface area contributed by atoms with E-state index in [0.29, 0.717) is 13.0 Å². The third-order valence-electron chi connectivity index (χ3n) is 5.98. The monoisotopic (exact) mass is 484 g/mol. The third-order valence-corrected chi connectivity index (χ3v) is 5.98. The Labute approximate surface area is 205 Å². The number of methoxy groups -OCH3 is 2. The SMILES string of the molecule is COCCCC(NC(=O)OCC1c2ccccc2-c2ccccc21)C(=O)N(CCOC)CC(=O)O. The molecule has 0 saturated carbocycles. The Balaban J connectivity index is 1.68. The second-order valence-electron chi connectivity index (χ2n) is 8.30. The molecule has 0 bridgehead atoms. The van der Waals surface area contributed by atoms with Crippen LogP contribution in [0.3, 0.4) is 0 Å². The van der Waals surface area contributed by atoms with Crippen LogP contribution in [-0.4, -0.2) is 81.1 Å². The van der Waals surface area contributed by atoms with Gasteiger partial charge in [0.2, 0.25) is 5.91 Å². The van der Waals surface area contributed by atoms with E-state index in [1.54, 1.807) is 7.11 Å². The molecule has 9 heteroatoms. The molecule has 0 heterocycles.